The minimum Gasteiger partial charge on any atom is -0.361 e. The van der Waals surface area contributed by atoms with Crippen LogP contribution in [0.1, 0.15) is 44.1 Å². The molecule has 1 amide bonds. The number of piperazine rings is 1. The number of H-pyrrole nitrogens is 1. The molecule has 134 valence electrons. The highest BCUT2D eigenvalue weighted by Gasteiger charge is 2.23. The number of amides is 1. The van der Waals surface area contributed by atoms with Crippen LogP contribution < -0.4 is 0 Å². The van der Waals surface area contributed by atoms with E-state index in [-0.39, 0.29) is 0 Å². The van der Waals surface area contributed by atoms with Gasteiger partial charge < -0.3 is 9.88 Å². The molecular formula is C21H29N3O. The fourth-order valence-corrected chi connectivity index (χ4v) is 4.44. The topological polar surface area (TPSA) is 39.3 Å². The number of hydrogen-bond acceptors (Lipinski definition) is 2. The Hall–Kier alpha value is -1.81. The maximum Gasteiger partial charge on any atom is 0.222 e. The molecule has 1 saturated carbocycles. The number of rotatable bonds is 5. The molecule has 2 aromatic rings. The van der Waals surface area contributed by atoms with Gasteiger partial charge in [0.25, 0.3) is 0 Å². The summed E-state index contributed by atoms with van der Waals surface area (Å²) in [5.74, 6) is 1.19. The summed E-state index contributed by atoms with van der Waals surface area (Å²) in [6.07, 6.45) is 9.40. The number of nitrogens with one attached hydrogen (secondary N) is 1. The van der Waals surface area contributed by atoms with Crippen molar-refractivity contribution in [2.75, 3.05) is 26.2 Å². The standard InChI is InChI=1S/C21H29N3O/c25-21(10-9-17-5-1-2-6-17)24-13-11-23(12-14-24)16-18-15-22-20-8-4-3-7-19(18)20/h3-4,7-8,15,17,22H,1-2,5-6,9-14,16H2. The minimum atomic E-state index is 0.374. The smallest absolute Gasteiger partial charge is 0.222 e. The van der Waals surface area contributed by atoms with Crippen LogP contribution in [0.3, 0.4) is 0 Å². The Morgan fingerprint density at radius 1 is 1.08 bits per heavy atom. The van der Waals surface area contributed by atoms with Crippen molar-refractivity contribution in [3.8, 4) is 0 Å². The lowest BCUT2D eigenvalue weighted by molar-refractivity contribution is -0.133. The van der Waals surface area contributed by atoms with Gasteiger partial charge in [-0.1, -0.05) is 43.9 Å². The second-order valence-electron chi connectivity index (χ2n) is 7.71. The van der Waals surface area contributed by atoms with E-state index in [1.54, 1.807) is 0 Å². The van der Waals surface area contributed by atoms with E-state index < -0.39 is 0 Å². The predicted molar refractivity (Wildman–Crippen MR) is 101 cm³/mol. The van der Waals surface area contributed by atoms with Crippen LogP contribution in [0.15, 0.2) is 30.5 Å². The van der Waals surface area contributed by atoms with Crippen LogP contribution in [-0.4, -0.2) is 46.9 Å². The molecule has 1 aliphatic heterocycles. The molecule has 4 heteroatoms. The van der Waals surface area contributed by atoms with E-state index in [1.807, 2.05) is 0 Å². The number of aromatic nitrogens is 1. The van der Waals surface area contributed by atoms with Gasteiger partial charge in [-0.3, -0.25) is 9.69 Å². The molecule has 1 aliphatic carbocycles. The summed E-state index contributed by atoms with van der Waals surface area (Å²) in [4.78, 5) is 20.4. The first-order valence-electron chi connectivity index (χ1n) is 9.85. The van der Waals surface area contributed by atoms with Gasteiger partial charge in [0, 0.05) is 56.2 Å². The van der Waals surface area contributed by atoms with Crippen molar-refractivity contribution in [2.45, 2.75) is 45.1 Å². The minimum absolute atomic E-state index is 0.374. The van der Waals surface area contributed by atoms with Crippen LogP contribution in [0.2, 0.25) is 0 Å². The third-order valence-corrected chi connectivity index (χ3v) is 6.04. The van der Waals surface area contributed by atoms with E-state index in [9.17, 15) is 4.79 Å². The van der Waals surface area contributed by atoms with Crippen LogP contribution in [-0.2, 0) is 11.3 Å². The van der Waals surface area contributed by atoms with Gasteiger partial charge in [0.1, 0.15) is 0 Å². The number of hydrogen-bond donors (Lipinski definition) is 1. The van der Waals surface area contributed by atoms with Crippen molar-refractivity contribution in [1.29, 1.82) is 0 Å². The maximum absolute atomic E-state index is 12.5. The summed E-state index contributed by atoms with van der Waals surface area (Å²) in [5.41, 5.74) is 2.56. The van der Waals surface area contributed by atoms with Crippen LogP contribution in [0, 0.1) is 5.92 Å². The number of aromatic amines is 1. The van der Waals surface area contributed by atoms with Crippen LogP contribution >= 0.6 is 0 Å². The van der Waals surface area contributed by atoms with Gasteiger partial charge in [0.05, 0.1) is 0 Å². The number of benzene rings is 1. The Bertz CT molecular complexity index is 709. The molecular weight excluding hydrogens is 310 g/mol. The van der Waals surface area contributed by atoms with Gasteiger partial charge in [-0.15, -0.1) is 0 Å². The van der Waals surface area contributed by atoms with Crippen LogP contribution in [0.4, 0.5) is 0 Å². The molecule has 1 saturated heterocycles. The Morgan fingerprint density at radius 2 is 1.84 bits per heavy atom. The fraction of sp³-hybridized carbons (Fsp3) is 0.571. The molecule has 1 aromatic heterocycles. The normalized spacial score (nSPS) is 19.8. The number of carbonyl (C=O) groups is 1. The van der Waals surface area contributed by atoms with Crippen LogP contribution in [0.25, 0.3) is 10.9 Å². The highest BCUT2D eigenvalue weighted by atomic mass is 16.2. The average Bonchev–Trinajstić information content (AvgIpc) is 3.31. The van der Waals surface area contributed by atoms with Gasteiger partial charge in [-0.05, 0) is 24.0 Å². The van der Waals surface area contributed by atoms with Crippen molar-refractivity contribution in [1.82, 2.24) is 14.8 Å². The van der Waals surface area contributed by atoms with E-state index in [4.69, 9.17) is 0 Å². The lowest BCUT2D eigenvalue weighted by atomic mass is 10.0. The van der Waals surface area contributed by atoms with E-state index in [1.165, 1.54) is 42.1 Å². The predicted octanol–water partition coefficient (Wildman–Crippen LogP) is 3.78. The third kappa shape index (κ3) is 3.90. The molecule has 0 atom stereocenters. The molecule has 4 rings (SSSR count). The highest BCUT2D eigenvalue weighted by molar-refractivity contribution is 5.83. The fourth-order valence-electron chi connectivity index (χ4n) is 4.44. The second-order valence-corrected chi connectivity index (χ2v) is 7.71. The van der Waals surface area contributed by atoms with E-state index in [0.717, 1.165) is 51.5 Å². The van der Waals surface area contributed by atoms with Gasteiger partial charge in [-0.2, -0.15) is 0 Å². The number of nitrogens with zero attached hydrogens (tertiary/aromatic N) is 2. The van der Waals surface area contributed by atoms with Crippen LogP contribution in [0.5, 0.6) is 0 Å². The third-order valence-electron chi connectivity index (χ3n) is 6.04. The van der Waals surface area contributed by atoms with Gasteiger partial charge in [0.15, 0.2) is 0 Å². The zero-order chi connectivity index (χ0) is 17.1. The molecule has 2 heterocycles. The monoisotopic (exact) mass is 339 g/mol. The summed E-state index contributed by atoms with van der Waals surface area (Å²) in [6.45, 7) is 4.69. The Kier molecular flexibility index (Phi) is 5.07. The summed E-state index contributed by atoms with van der Waals surface area (Å²) >= 11 is 0. The average molecular weight is 339 g/mol. The van der Waals surface area contributed by atoms with Crippen molar-refractivity contribution < 1.29 is 4.79 Å². The van der Waals surface area contributed by atoms with Crippen molar-refractivity contribution in [2.24, 2.45) is 5.92 Å². The largest absolute Gasteiger partial charge is 0.361 e. The Labute approximate surface area is 150 Å². The molecule has 1 aromatic carbocycles. The number of para-hydroxylation sites is 1. The lowest BCUT2D eigenvalue weighted by Crippen LogP contribution is -2.48. The quantitative estimate of drug-likeness (QED) is 0.900. The molecule has 2 fully saturated rings. The number of carbonyl (C=O) groups excluding carboxylic acids is 1. The summed E-state index contributed by atoms with van der Waals surface area (Å²) in [5, 5.41) is 1.32. The Balaban J connectivity index is 1.26. The molecule has 25 heavy (non-hydrogen) atoms. The van der Waals surface area contributed by atoms with Gasteiger partial charge >= 0.3 is 0 Å². The van der Waals surface area contributed by atoms with E-state index in [0.29, 0.717) is 5.91 Å². The Morgan fingerprint density at radius 3 is 2.64 bits per heavy atom. The maximum atomic E-state index is 12.5. The zero-order valence-electron chi connectivity index (χ0n) is 15.0. The van der Waals surface area contributed by atoms with Crippen molar-refractivity contribution in [3.63, 3.8) is 0 Å². The molecule has 2 aliphatic rings. The zero-order valence-corrected chi connectivity index (χ0v) is 15.0. The molecule has 1 N–H and O–H groups in total. The SMILES string of the molecule is O=C(CCC1CCCC1)N1CCN(Cc2c[nH]c3ccccc23)CC1. The molecule has 0 bridgehead atoms. The van der Waals surface area contributed by atoms with E-state index >= 15 is 0 Å². The van der Waals surface area contributed by atoms with E-state index in [2.05, 4.69) is 45.2 Å². The first-order valence-corrected chi connectivity index (χ1v) is 9.85. The highest BCUT2D eigenvalue weighted by Crippen LogP contribution is 2.28. The first-order chi connectivity index (χ1) is 12.3. The molecule has 0 unspecified atom stereocenters. The molecule has 4 nitrogen and oxygen atoms in total. The first kappa shape index (κ1) is 16.6. The lowest BCUT2D eigenvalue weighted by Gasteiger charge is -2.35. The summed E-state index contributed by atoms with van der Waals surface area (Å²) in [6, 6.07) is 8.48. The molecule has 0 spiro atoms. The van der Waals surface area contributed by atoms with Gasteiger partial charge in [-0.25, -0.2) is 0 Å². The summed E-state index contributed by atoms with van der Waals surface area (Å²) < 4.78 is 0. The van der Waals surface area contributed by atoms with Gasteiger partial charge in [0.2, 0.25) is 5.91 Å². The summed E-state index contributed by atoms with van der Waals surface area (Å²) in [7, 11) is 0. The number of fused-ring (bicyclic) bond motifs is 1. The van der Waals surface area contributed by atoms with Crippen molar-refractivity contribution >= 4 is 16.8 Å². The van der Waals surface area contributed by atoms with Crippen molar-refractivity contribution in [3.05, 3.63) is 36.0 Å². The molecule has 0 radical (unpaired) electrons. The second kappa shape index (κ2) is 7.61.